The number of halogens is 1. The van der Waals surface area contributed by atoms with E-state index in [9.17, 15) is 9.90 Å². The number of aryl methyl sites for hydroxylation is 1. The Balaban J connectivity index is 1.49. The fourth-order valence-corrected chi connectivity index (χ4v) is 3.11. The molecule has 0 bridgehead atoms. The third-order valence-electron chi connectivity index (χ3n) is 4.30. The van der Waals surface area contributed by atoms with Crippen LogP contribution in [0, 0.1) is 6.92 Å². The summed E-state index contributed by atoms with van der Waals surface area (Å²) in [7, 11) is 0. The first kappa shape index (κ1) is 18.8. The van der Waals surface area contributed by atoms with E-state index in [1.807, 2.05) is 25.1 Å². The topological polar surface area (TPSA) is 84.6 Å². The van der Waals surface area contributed by atoms with Gasteiger partial charge in [0.05, 0.1) is 5.56 Å². The van der Waals surface area contributed by atoms with Crippen LogP contribution in [0.4, 0.5) is 5.69 Å². The lowest BCUT2D eigenvalue weighted by Crippen LogP contribution is -2.20. The van der Waals surface area contributed by atoms with Crippen LogP contribution >= 0.6 is 11.6 Å². The molecule has 6 nitrogen and oxygen atoms in total. The van der Waals surface area contributed by atoms with Gasteiger partial charge in [-0.3, -0.25) is 4.79 Å². The number of nitrogens with one attached hydrogen (secondary N) is 1. The van der Waals surface area contributed by atoms with E-state index in [4.69, 9.17) is 20.8 Å². The van der Waals surface area contributed by atoms with Crippen molar-refractivity contribution in [3.63, 3.8) is 0 Å². The molecule has 1 heterocycles. The molecule has 2 N–H and O–H groups in total. The molecule has 1 amide bonds. The van der Waals surface area contributed by atoms with Gasteiger partial charge in [0.15, 0.2) is 12.2 Å². The van der Waals surface area contributed by atoms with Gasteiger partial charge in [-0.15, -0.1) is 0 Å². The number of hydrogen-bond acceptors (Lipinski definition) is 5. The van der Waals surface area contributed by atoms with Crippen molar-refractivity contribution in [2.75, 3.05) is 11.9 Å². The van der Waals surface area contributed by atoms with Crippen molar-refractivity contribution in [3.8, 4) is 23.0 Å². The number of aromatic nitrogens is 1. The Bertz CT molecular complexity index is 1170. The number of carbonyl (C=O) groups excluding carboxylic acids is 1. The number of ether oxygens (including phenoxy) is 1. The van der Waals surface area contributed by atoms with Crippen molar-refractivity contribution < 1.29 is 19.1 Å². The highest BCUT2D eigenvalue weighted by Crippen LogP contribution is 2.33. The first-order valence-electron chi connectivity index (χ1n) is 8.87. The predicted molar refractivity (Wildman–Crippen MR) is 111 cm³/mol. The van der Waals surface area contributed by atoms with Crippen molar-refractivity contribution in [2.24, 2.45) is 0 Å². The average Bonchev–Trinajstić information content (AvgIpc) is 3.13. The molecule has 0 saturated carbocycles. The molecule has 0 aliphatic heterocycles. The van der Waals surface area contributed by atoms with Gasteiger partial charge in [-0.1, -0.05) is 23.7 Å². The Morgan fingerprint density at radius 3 is 2.79 bits per heavy atom. The minimum Gasteiger partial charge on any atom is -0.507 e. The smallest absolute Gasteiger partial charge is 0.262 e. The summed E-state index contributed by atoms with van der Waals surface area (Å²) in [5.74, 6) is 0.520. The number of oxazole rings is 1. The van der Waals surface area contributed by atoms with E-state index in [1.54, 1.807) is 36.4 Å². The van der Waals surface area contributed by atoms with Gasteiger partial charge in [-0.2, -0.15) is 0 Å². The van der Waals surface area contributed by atoms with E-state index < -0.39 is 0 Å². The molecule has 29 heavy (non-hydrogen) atoms. The fraction of sp³-hybridized carbons (Fsp3) is 0.0909. The number of benzene rings is 3. The number of phenolic OH excluding ortho intramolecular Hbond substituents is 1. The van der Waals surface area contributed by atoms with Crippen LogP contribution in [0.25, 0.3) is 22.6 Å². The molecule has 0 aliphatic rings. The number of rotatable bonds is 5. The van der Waals surface area contributed by atoms with Gasteiger partial charge >= 0.3 is 0 Å². The Morgan fingerprint density at radius 2 is 2.00 bits per heavy atom. The number of anilines is 1. The lowest BCUT2D eigenvalue weighted by molar-refractivity contribution is -0.118. The molecule has 0 aliphatic carbocycles. The maximum Gasteiger partial charge on any atom is 0.262 e. The van der Waals surface area contributed by atoms with Crippen molar-refractivity contribution >= 4 is 34.3 Å². The lowest BCUT2D eigenvalue weighted by atomic mass is 10.1. The molecule has 7 heteroatoms. The van der Waals surface area contributed by atoms with E-state index in [0.717, 1.165) is 5.56 Å². The van der Waals surface area contributed by atoms with E-state index >= 15 is 0 Å². The summed E-state index contributed by atoms with van der Waals surface area (Å²) in [6, 6.07) is 17.2. The summed E-state index contributed by atoms with van der Waals surface area (Å²) in [6.45, 7) is 1.69. The molecule has 0 atom stereocenters. The van der Waals surface area contributed by atoms with Crippen molar-refractivity contribution in [1.82, 2.24) is 4.98 Å². The van der Waals surface area contributed by atoms with E-state index in [2.05, 4.69) is 10.3 Å². The van der Waals surface area contributed by atoms with Crippen LogP contribution in [-0.2, 0) is 4.79 Å². The average molecular weight is 409 g/mol. The number of para-hydroxylation sites is 2. The second-order valence-corrected chi connectivity index (χ2v) is 6.90. The third kappa shape index (κ3) is 4.17. The van der Waals surface area contributed by atoms with Crippen molar-refractivity contribution in [2.45, 2.75) is 6.92 Å². The van der Waals surface area contributed by atoms with Gasteiger partial charge in [0.2, 0.25) is 5.89 Å². The number of amides is 1. The van der Waals surface area contributed by atoms with Gasteiger partial charge in [-0.05, 0) is 61.0 Å². The highest BCUT2D eigenvalue weighted by molar-refractivity contribution is 6.30. The molecule has 0 saturated heterocycles. The van der Waals surface area contributed by atoms with Gasteiger partial charge < -0.3 is 19.6 Å². The molecule has 3 aromatic carbocycles. The molecule has 0 fully saturated rings. The number of carbonyl (C=O) groups is 1. The molecule has 146 valence electrons. The van der Waals surface area contributed by atoms with Crippen LogP contribution in [0.1, 0.15) is 5.56 Å². The zero-order valence-electron chi connectivity index (χ0n) is 15.5. The molecule has 4 rings (SSSR count). The van der Waals surface area contributed by atoms with Crippen LogP contribution in [0.3, 0.4) is 0 Å². The van der Waals surface area contributed by atoms with E-state index in [-0.39, 0.29) is 24.2 Å². The number of aromatic hydroxyl groups is 1. The highest BCUT2D eigenvalue weighted by Gasteiger charge is 2.14. The van der Waals surface area contributed by atoms with E-state index in [0.29, 0.717) is 33.1 Å². The minimum atomic E-state index is -0.339. The minimum absolute atomic E-state index is 0.00240. The Hall–Kier alpha value is -3.51. The maximum atomic E-state index is 12.3. The van der Waals surface area contributed by atoms with Crippen LogP contribution in [-0.4, -0.2) is 22.6 Å². The first-order valence-corrected chi connectivity index (χ1v) is 9.25. The molecule has 0 spiro atoms. The van der Waals surface area contributed by atoms with Crippen LogP contribution < -0.4 is 10.1 Å². The number of phenols is 1. The molecular formula is C22H17ClN2O4. The Kier molecular flexibility index (Phi) is 5.10. The number of hydrogen-bond donors (Lipinski definition) is 2. The highest BCUT2D eigenvalue weighted by atomic mass is 35.5. The number of nitrogens with zero attached hydrogens (tertiary/aromatic N) is 1. The summed E-state index contributed by atoms with van der Waals surface area (Å²) in [6.07, 6.45) is 0. The zero-order chi connectivity index (χ0) is 20.4. The summed E-state index contributed by atoms with van der Waals surface area (Å²) in [5, 5.41) is 13.6. The monoisotopic (exact) mass is 408 g/mol. The summed E-state index contributed by atoms with van der Waals surface area (Å²) >= 11 is 5.92. The molecule has 0 radical (unpaired) electrons. The van der Waals surface area contributed by atoms with Crippen molar-refractivity contribution in [3.05, 3.63) is 71.2 Å². The van der Waals surface area contributed by atoms with Gasteiger partial charge in [0, 0.05) is 10.7 Å². The third-order valence-corrected chi connectivity index (χ3v) is 4.54. The summed E-state index contributed by atoms with van der Waals surface area (Å²) in [5.41, 5.74) is 3.01. The Labute approximate surface area is 171 Å². The normalized spacial score (nSPS) is 10.8. The largest absolute Gasteiger partial charge is 0.507 e. The fourth-order valence-electron chi connectivity index (χ4n) is 2.89. The standard InChI is InChI=1S/C22H17ClN2O4/c1-13-10-14(23)6-9-19(13)28-12-21(27)24-15-7-8-18(26)16(11-15)22-25-17-4-2-3-5-20(17)29-22/h2-11,26H,12H2,1H3,(H,24,27). The second-order valence-electron chi connectivity index (χ2n) is 6.47. The lowest BCUT2D eigenvalue weighted by Gasteiger charge is -2.10. The van der Waals surface area contributed by atoms with Gasteiger partial charge in [0.25, 0.3) is 5.91 Å². The quantitative estimate of drug-likeness (QED) is 0.444. The van der Waals surface area contributed by atoms with Crippen LogP contribution in [0.15, 0.2) is 65.1 Å². The van der Waals surface area contributed by atoms with Crippen molar-refractivity contribution in [1.29, 1.82) is 0 Å². The molecule has 1 aromatic heterocycles. The molecular weight excluding hydrogens is 392 g/mol. The maximum absolute atomic E-state index is 12.3. The summed E-state index contributed by atoms with van der Waals surface area (Å²) in [4.78, 5) is 16.7. The Morgan fingerprint density at radius 1 is 1.17 bits per heavy atom. The van der Waals surface area contributed by atoms with Crippen LogP contribution in [0.2, 0.25) is 5.02 Å². The van der Waals surface area contributed by atoms with Gasteiger partial charge in [0.1, 0.15) is 17.0 Å². The molecule has 4 aromatic rings. The molecule has 0 unspecified atom stereocenters. The van der Waals surface area contributed by atoms with Gasteiger partial charge in [-0.25, -0.2) is 4.98 Å². The predicted octanol–water partition coefficient (Wildman–Crippen LogP) is 5.18. The van der Waals surface area contributed by atoms with Crippen LogP contribution in [0.5, 0.6) is 11.5 Å². The van der Waals surface area contributed by atoms with E-state index in [1.165, 1.54) is 6.07 Å². The summed E-state index contributed by atoms with van der Waals surface area (Å²) < 4.78 is 11.3. The first-order chi connectivity index (χ1) is 14.0. The second kappa shape index (κ2) is 7.85. The number of fused-ring (bicyclic) bond motifs is 1. The zero-order valence-corrected chi connectivity index (χ0v) is 16.2. The SMILES string of the molecule is Cc1cc(Cl)ccc1OCC(=O)Nc1ccc(O)c(-c2nc3ccccc3o2)c1.